The Morgan fingerprint density at radius 1 is 0.833 bits per heavy atom. The molecule has 0 fully saturated rings. The predicted molar refractivity (Wildman–Crippen MR) is 64.0 cm³/mol. The standard InChI is InChI=1S/C12H10O5S/c13-9-5-1-3-7-11(9)17-18(15,16)12-8-4-2-6-10(12)14/h1-8,13-14H. The van der Waals surface area contributed by atoms with Gasteiger partial charge >= 0.3 is 10.1 Å². The van der Waals surface area contributed by atoms with Crippen molar-refractivity contribution in [2.45, 2.75) is 4.90 Å². The van der Waals surface area contributed by atoms with Crippen molar-refractivity contribution < 1.29 is 22.8 Å². The summed E-state index contributed by atoms with van der Waals surface area (Å²) in [4.78, 5) is -0.353. The number of hydrogen-bond acceptors (Lipinski definition) is 5. The molecule has 0 atom stereocenters. The van der Waals surface area contributed by atoms with Gasteiger partial charge in [-0.2, -0.15) is 8.42 Å². The van der Waals surface area contributed by atoms with Gasteiger partial charge in [0.25, 0.3) is 0 Å². The fourth-order valence-corrected chi connectivity index (χ4v) is 2.40. The summed E-state index contributed by atoms with van der Waals surface area (Å²) in [5.41, 5.74) is 0. The molecule has 2 aromatic rings. The minimum absolute atomic E-state index is 0.194. The molecule has 2 rings (SSSR count). The molecule has 0 aromatic heterocycles. The van der Waals surface area contributed by atoms with Crippen LogP contribution in [-0.2, 0) is 10.1 Å². The van der Waals surface area contributed by atoms with E-state index >= 15 is 0 Å². The highest BCUT2D eigenvalue weighted by Gasteiger charge is 2.21. The van der Waals surface area contributed by atoms with Crippen LogP contribution in [0.5, 0.6) is 17.2 Å². The van der Waals surface area contributed by atoms with E-state index < -0.39 is 15.9 Å². The Kier molecular flexibility index (Phi) is 3.12. The van der Waals surface area contributed by atoms with E-state index in [1.165, 1.54) is 48.5 Å². The Hall–Kier alpha value is -2.21. The molecule has 0 saturated heterocycles. The highest BCUT2D eigenvalue weighted by molar-refractivity contribution is 7.87. The van der Waals surface area contributed by atoms with Crippen molar-refractivity contribution in [2.75, 3.05) is 0 Å². The number of para-hydroxylation sites is 3. The van der Waals surface area contributed by atoms with Crippen LogP contribution < -0.4 is 4.18 Å². The lowest BCUT2D eigenvalue weighted by molar-refractivity contribution is 0.421. The summed E-state index contributed by atoms with van der Waals surface area (Å²) in [6.07, 6.45) is 0. The van der Waals surface area contributed by atoms with E-state index in [-0.39, 0.29) is 16.4 Å². The van der Waals surface area contributed by atoms with E-state index in [0.717, 1.165) is 0 Å². The maximum Gasteiger partial charge on any atom is 0.343 e. The van der Waals surface area contributed by atoms with Gasteiger partial charge in [-0.25, -0.2) is 0 Å². The molecule has 0 bridgehead atoms. The zero-order valence-electron chi connectivity index (χ0n) is 9.15. The van der Waals surface area contributed by atoms with Crippen LogP contribution in [0.15, 0.2) is 53.4 Å². The first-order valence-electron chi connectivity index (χ1n) is 5.01. The Balaban J connectivity index is 2.40. The molecule has 0 radical (unpaired) electrons. The van der Waals surface area contributed by atoms with E-state index in [1.54, 1.807) is 0 Å². The molecule has 0 amide bonds. The lowest BCUT2D eigenvalue weighted by Gasteiger charge is -2.09. The van der Waals surface area contributed by atoms with Crippen LogP contribution in [0.2, 0.25) is 0 Å². The Labute approximate surface area is 104 Å². The van der Waals surface area contributed by atoms with Crippen LogP contribution >= 0.6 is 0 Å². The lowest BCUT2D eigenvalue weighted by Crippen LogP contribution is -2.09. The lowest BCUT2D eigenvalue weighted by atomic mass is 10.3. The third-order valence-electron chi connectivity index (χ3n) is 2.20. The first kappa shape index (κ1) is 12.3. The summed E-state index contributed by atoms with van der Waals surface area (Å²) in [6.45, 7) is 0. The highest BCUT2D eigenvalue weighted by Crippen LogP contribution is 2.30. The molecule has 18 heavy (non-hydrogen) atoms. The molecule has 0 aliphatic rings. The third kappa shape index (κ3) is 2.38. The number of phenols is 2. The van der Waals surface area contributed by atoms with Crippen LogP contribution in [0, 0.1) is 0 Å². The van der Waals surface area contributed by atoms with Crippen LogP contribution in [-0.4, -0.2) is 18.6 Å². The largest absolute Gasteiger partial charge is 0.506 e. The van der Waals surface area contributed by atoms with E-state index in [1.807, 2.05) is 0 Å². The summed E-state index contributed by atoms with van der Waals surface area (Å²) >= 11 is 0. The average molecular weight is 266 g/mol. The zero-order valence-corrected chi connectivity index (χ0v) is 9.96. The van der Waals surface area contributed by atoms with Crippen molar-refractivity contribution in [3.8, 4) is 17.2 Å². The number of benzene rings is 2. The molecule has 0 aliphatic carbocycles. The average Bonchev–Trinajstić information content (AvgIpc) is 2.32. The van der Waals surface area contributed by atoms with Crippen molar-refractivity contribution in [1.29, 1.82) is 0 Å². The second-order valence-electron chi connectivity index (χ2n) is 3.47. The summed E-state index contributed by atoms with van der Waals surface area (Å²) in [6, 6.07) is 11.1. The van der Waals surface area contributed by atoms with Crippen molar-refractivity contribution in [3.63, 3.8) is 0 Å². The fourth-order valence-electron chi connectivity index (χ4n) is 1.36. The molecule has 5 nitrogen and oxygen atoms in total. The Morgan fingerprint density at radius 2 is 1.39 bits per heavy atom. The van der Waals surface area contributed by atoms with E-state index in [9.17, 15) is 18.6 Å². The predicted octanol–water partition coefficient (Wildman–Crippen LogP) is 1.87. The van der Waals surface area contributed by atoms with E-state index in [0.29, 0.717) is 0 Å². The van der Waals surface area contributed by atoms with Crippen LogP contribution in [0.1, 0.15) is 0 Å². The first-order valence-corrected chi connectivity index (χ1v) is 6.42. The minimum Gasteiger partial charge on any atom is -0.506 e. The Morgan fingerprint density at radius 3 is 2.00 bits per heavy atom. The van der Waals surface area contributed by atoms with Crippen molar-refractivity contribution >= 4 is 10.1 Å². The normalized spacial score (nSPS) is 11.1. The number of rotatable bonds is 3. The van der Waals surface area contributed by atoms with Crippen LogP contribution in [0.4, 0.5) is 0 Å². The van der Waals surface area contributed by atoms with Gasteiger partial charge in [0, 0.05) is 0 Å². The fraction of sp³-hybridized carbons (Fsp3) is 0. The molecule has 0 saturated carbocycles. The number of phenolic OH excluding ortho intramolecular Hbond substituents is 2. The third-order valence-corrected chi connectivity index (χ3v) is 3.48. The second-order valence-corrected chi connectivity index (χ2v) is 4.99. The van der Waals surface area contributed by atoms with Crippen molar-refractivity contribution in [1.82, 2.24) is 0 Å². The van der Waals surface area contributed by atoms with E-state index in [4.69, 9.17) is 4.18 Å². The molecule has 0 spiro atoms. The second kappa shape index (κ2) is 4.58. The topological polar surface area (TPSA) is 83.8 Å². The molecular formula is C12H10O5S. The first-order chi connectivity index (χ1) is 8.50. The molecule has 0 heterocycles. The minimum atomic E-state index is -4.18. The van der Waals surface area contributed by atoms with Gasteiger partial charge in [-0.3, -0.25) is 0 Å². The maximum atomic E-state index is 11.9. The highest BCUT2D eigenvalue weighted by atomic mass is 32.2. The van der Waals surface area contributed by atoms with Gasteiger partial charge in [0.2, 0.25) is 0 Å². The number of hydrogen-bond donors (Lipinski definition) is 2. The molecule has 0 aliphatic heterocycles. The quantitative estimate of drug-likeness (QED) is 0.828. The molecule has 2 aromatic carbocycles. The van der Waals surface area contributed by atoms with Crippen LogP contribution in [0.3, 0.4) is 0 Å². The van der Waals surface area contributed by atoms with Gasteiger partial charge < -0.3 is 14.4 Å². The number of aromatic hydroxyl groups is 2. The van der Waals surface area contributed by atoms with Gasteiger partial charge in [-0.15, -0.1) is 0 Å². The summed E-state index contributed by atoms with van der Waals surface area (Å²) in [5, 5.41) is 18.9. The van der Waals surface area contributed by atoms with Crippen molar-refractivity contribution in [3.05, 3.63) is 48.5 Å². The van der Waals surface area contributed by atoms with Gasteiger partial charge in [0.1, 0.15) is 10.6 Å². The smallest absolute Gasteiger partial charge is 0.343 e. The zero-order chi connectivity index (χ0) is 13.2. The van der Waals surface area contributed by atoms with Crippen LogP contribution in [0.25, 0.3) is 0 Å². The molecule has 2 N–H and O–H groups in total. The SMILES string of the molecule is O=S(=O)(Oc1ccccc1O)c1ccccc1O. The van der Waals surface area contributed by atoms with E-state index in [2.05, 4.69) is 0 Å². The molecule has 6 heteroatoms. The summed E-state index contributed by atoms with van der Waals surface area (Å²) < 4.78 is 28.5. The van der Waals surface area contributed by atoms with Crippen molar-refractivity contribution in [2.24, 2.45) is 0 Å². The van der Waals surface area contributed by atoms with Gasteiger partial charge in [0.15, 0.2) is 11.5 Å². The van der Waals surface area contributed by atoms with Gasteiger partial charge in [-0.05, 0) is 24.3 Å². The molecule has 0 unspecified atom stereocenters. The van der Waals surface area contributed by atoms with Gasteiger partial charge in [-0.1, -0.05) is 24.3 Å². The summed E-state index contributed by atoms with van der Waals surface area (Å²) in [5.74, 6) is -0.898. The monoisotopic (exact) mass is 266 g/mol. The molecule has 94 valence electrons. The Bertz CT molecular complexity index is 664. The van der Waals surface area contributed by atoms with Gasteiger partial charge in [0.05, 0.1) is 0 Å². The maximum absolute atomic E-state index is 11.9. The molecular weight excluding hydrogens is 256 g/mol. The summed E-state index contributed by atoms with van der Waals surface area (Å²) in [7, 11) is -4.18.